The van der Waals surface area contributed by atoms with E-state index in [-0.39, 0.29) is 57.7 Å². The number of carbonyl (C=O) groups is 8. The fourth-order valence-electron chi connectivity index (χ4n) is 13.8. The number of phenols is 3. The summed E-state index contributed by atoms with van der Waals surface area (Å²) in [6.07, 6.45) is -18.2. The van der Waals surface area contributed by atoms with Crippen molar-refractivity contribution in [3.8, 4) is 62.9 Å². The third kappa shape index (κ3) is 17.2. The van der Waals surface area contributed by atoms with Gasteiger partial charge in [-0.15, -0.1) is 0 Å². The van der Waals surface area contributed by atoms with Crippen molar-refractivity contribution < 1.29 is 117 Å². The lowest BCUT2D eigenvalue weighted by atomic mass is 9.86. The molecule has 14 rings (SSSR count). The Morgan fingerprint density at radius 3 is 2.00 bits per heavy atom. The molecule has 7 aliphatic rings. The lowest BCUT2D eigenvalue weighted by molar-refractivity contribution is -0.329. The number of aromatic amines is 1. The summed E-state index contributed by atoms with van der Waals surface area (Å²) in [5, 5.41) is 123. The van der Waals surface area contributed by atoms with Gasteiger partial charge in [-0.3, -0.25) is 33.6 Å². The summed E-state index contributed by atoms with van der Waals surface area (Å²) >= 11 is 15.4. The number of aliphatic carboxylic acids is 1. The number of ether oxygens (including phenoxy) is 7. The Kier molecular flexibility index (Phi) is 24.0. The molecule has 38 heteroatoms. The maximum absolute atomic E-state index is 16.2. The van der Waals surface area contributed by atoms with Crippen LogP contribution >= 0.6 is 35.0 Å². The molecule has 7 aliphatic heterocycles. The van der Waals surface area contributed by atoms with Gasteiger partial charge in [0.25, 0.3) is 0 Å². The number of nitrogens with one attached hydrogen (secondary N) is 8. The molecule has 21 N–H and O–H groups in total. The molecule has 2 fully saturated rings. The minimum Gasteiger partial charge on any atom is -0.508 e. The maximum Gasteiger partial charge on any atom is 0.330 e. The zero-order valence-corrected chi connectivity index (χ0v) is 62.7. The lowest BCUT2D eigenvalue weighted by Gasteiger charge is -2.47. The number of nitrogens with zero attached hydrogens (tertiary/aromatic N) is 1. The molecule has 0 spiro atoms. The predicted octanol–water partition coefficient (Wildman–Crippen LogP) is 2.79. The second-order valence-corrected chi connectivity index (χ2v) is 30.1. The normalized spacial score (nSPS) is 27.7. The highest BCUT2D eigenvalue weighted by Crippen LogP contribution is 2.50. The Balaban J connectivity index is 1.09. The first-order valence-electron chi connectivity index (χ1n) is 35.1. The number of rotatable bonds is 16. The molecule has 7 amide bonds. The smallest absolute Gasteiger partial charge is 0.330 e. The number of aliphatic hydroxyl groups is 5. The van der Waals surface area contributed by atoms with Crippen molar-refractivity contribution in [1.29, 1.82) is 0 Å². The van der Waals surface area contributed by atoms with E-state index in [2.05, 4.69) is 47.2 Å². The van der Waals surface area contributed by atoms with Gasteiger partial charge in [0.15, 0.2) is 35.1 Å². The van der Waals surface area contributed by atoms with Crippen molar-refractivity contribution in [1.82, 2.24) is 47.2 Å². The van der Waals surface area contributed by atoms with E-state index in [0.29, 0.717) is 21.9 Å². The molecule has 1 aromatic heterocycles. The number of nitrogens with two attached hydrogens (primary N) is 2. The number of carboxylic acids is 1. The summed E-state index contributed by atoms with van der Waals surface area (Å²) in [5.41, 5.74) is 9.33. The molecule has 7 aromatic rings. The molecule has 0 radical (unpaired) electrons. The minimum absolute atomic E-state index is 0.103. The number of methoxy groups -OCH3 is 1. The Hall–Kier alpha value is -10.3. The molecular weight excluding hydrogens is 1530 g/mol. The summed E-state index contributed by atoms with van der Waals surface area (Å²) in [7, 11) is 2.97. The van der Waals surface area contributed by atoms with E-state index >= 15 is 14.4 Å². The highest BCUT2D eigenvalue weighted by Gasteiger charge is 2.52. The second kappa shape index (κ2) is 33.2. The zero-order chi connectivity index (χ0) is 80.8. The van der Waals surface area contributed by atoms with Crippen molar-refractivity contribution in [2.75, 3.05) is 19.9 Å². The van der Waals surface area contributed by atoms with Crippen LogP contribution in [0.2, 0.25) is 10.0 Å². The maximum atomic E-state index is 16.2. The molecule has 2 saturated heterocycles. The largest absolute Gasteiger partial charge is 0.508 e. The van der Waals surface area contributed by atoms with Crippen LogP contribution in [0.3, 0.4) is 0 Å². The van der Waals surface area contributed by atoms with Crippen LogP contribution in [0.15, 0.2) is 102 Å². The van der Waals surface area contributed by atoms with E-state index < -0.39 is 225 Å². The number of H-pyrrole nitrogens is 1. The number of hydrogen-bond acceptors (Lipinski definition) is 27. The monoisotopic (exact) mass is 1610 g/mol. The van der Waals surface area contributed by atoms with Gasteiger partial charge in [-0.2, -0.15) is 0 Å². The number of benzene rings is 6. The zero-order valence-electron chi connectivity index (χ0n) is 60.4. The number of hydrogen-bond donors (Lipinski definition) is 19. The molecule has 10 unspecified atom stereocenters. The molecule has 596 valence electrons. The van der Waals surface area contributed by atoms with Gasteiger partial charge in [-0.1, -0.05) is 67.0 Å². The minimum atomic E-state index is -2.35. The first-order chi connectivity index (χ1) is 53.1. The summed E-state index contributed by atoms with van der Waals surface area (Å²) in [6, 6.07) is 4.68. The number of phenolic OH excluding ortho intramolecular Hbond substituents is 3. The first kappa shape index (κ1) is 81.2. The van der Waals surface area contributed by atoms with Crippen LogP contribution in [-0.4, -0.2) is 202 Å². The van der Waals surface area contributed by atoms with Crippen LogP contribution in [0, 0.1) is 5.92 Å². The van der Waals surface area contributed by atoms with Crippen molar-refractivity contribution in [2.24, 2.45) is 17.4 Å². The van der Waals surface area contributed by atoms with Gasteiger partial charge in [-0.25, -0.2) is 9.78 Å². The third-order valence-corrected chi connectivity index (χ3v) is 21.2. The van der Waals surface area contributed by atoms with Gasteiger partial charge in [0.05, 0.1) is 59.0 Å². The predicted molar refractivity (Wildman–Crippen MR) is 396 cm³/mol. The van der Waals surface area contributed by atoms with Crippen LogP contribution in [-0.2, 0) is 52.6 Å². The Morgan fingerprint density at radius 2 is 1.38 bits per heavy atom. The molecular formula is C74H81Cl2N11O24S. The summed E-state index contributed by atoms with van der Waals surface area (Å²) in [4.78, 5) is 126. The van der Waals surface area contributed by atoms with E-state index in [1.165, 1.54) is 40.1 Å². The van der Waals surface area contributed by atoms with Crippen LogP contribution in [0.25, 0.3) is 22.2 Å². The molecule has 11 bridgehead atoms. The van der Waals surface area contributed by atoms with Crippen LogP contribution in [0.1, 0.15) is 105 Å². The lowest BCUT2D eigenvalue weighted by Crippen LogP contribution is -2.64. The fourth-order valence-corrected chi connectivity index (χ4v) is 15.2. The van der Waals surface area contributed by atoms with Crippen molar-refractivity contribution in [3.05, 3.63) is 135 Å². The number of imidazole rings is 1. The number of aromatic nitrogens is 2. The van der Waals surface area contributed by atoms with Gasteiger partial charge in [0.1, 0.15) is 89.1 Å². The van der Waals surface area contributed by atoms with E-state index in [0.717, 1.165) is 78.5 Å². The van der Waals surface area contributed by atoms with Crippen LogP contribution in [0.5, 0.6) is 51.7 Å². The Bertz CT molecular complexity index is 4840. The van der Waals surface area contributed by atoms with Gasteiger partial charge >= 0.3 is 5.97 Å². The number of carboxylic acid groups (broad SMARTS) is 1. The van der Waals surface area contributed by atoms with Crippen molar-refractivity contribution in [2.45, 2.75) is 161 Å². The van der Waals surface area contributed by atoms with Gasteiger partial charge in [0, 0.05) is 46.5 Å². The number of carbonyl (C=O) groups excluding carboxylic acids is 7. The number of aliphatic hydroxyl groups excluding tert-OH is 5. The number of fused-ring (bicyclic) bond motifs is 16. The van der Waals surface area contributed by atoms with E-state index in [1.807, 2.05) is 13.8 Å². The molecule has 35 nitrogen and oxygen atoms in total. The average Bonchev–Trinajstić information content (AvgIpc) is 0.907. The summed E-state index contributed by atoms with van der Waals surface area (Å²) in [5.74, 6) is -15.5. The van der Waals surface area contributed by atoms with Crippen LogP contribution < -0.4 is 67.6 Å². The number of likely N-dealkylation sites (N-methyl/N-ethyl adjacent to an activating group) is 1. The molecule has 112 heavy (non-hydrogen) atoms. The third-order valence-electron chi connectivity index (χ3n) is 19.6. The number of aromatic hydroxyl groups is 3. The molecule has 0 aliphatic carbocycles. The van der Waals surface area contributed by atoms with Gasteiger partial charge in [-0.05, 0) is 122 Å². The molecule has 6 aromatic carbocycles. The highest BCUT2D eigenvalue weighted by atomic mass is 35.5. The fraction of sp³-hybridized carbons (Fsp3) is 0.392. The summed E-state index contributed by atoms with van der Waals surface area (Å²) < 4.78 is 45.2. The molecule has 0 saturated carbocycles. The van der Waals surface area contributed by atoms with Gasteiger partial charge in [0.2, 0.25) is 53.4 Å². The summed E-state index contributed by atoms with van der Waals surface area (Å²) in [6.45, 7) is 6.70. The number of amides is 7. The SMILES string of the molecule is CN[C@@H](CC(C)C)C(=O)N[C@H]1C(=O)N[C@@H](CC(N)=O)C(=O)N[C@H]2C(=O)NC3C(=O)N[C@H](C(=O)N[C@@H](C(=O)O)c4cc(O)cc(O)c4-c4cc3ccc4O)[C@H](O)c3ccc(c(Cl)c3)Oc3cc2cc(c3OC2OC(CSc3nc4cc(OC)ccc4[nH]3)C(O)C(O)C2OC2CC(C)(N)C(O)C(C)O2)Oc2ccc(cc2Cl)[C@H]1O. The van der Waals surface area contributed by atoms with Crippen molar-refractivity contribution >= 4 is 93.3 Å². The number of thioether (sulfide) groups is 1. The quantitative estimate of drug-likeness (QED) is 0.0618. The molecule has 18 atom stereocenters. The number of halogens is 2. The number of primary amides is 1. The Labute approximate surface area is 651 Å². The first-order valence-corrected chi connectivity index (χ1v) is 36.8. The topological polar surface area (TPSA) is 548 Å². The van der Waals surface area contributed by atoms with E-state index in [1.54, 1.807) is 18.2 Å². The highest BCUT2D eigenvalue weighted by molar-refractivity contribution is 7.99. The van der Waals surface area contributed by atoms with E-state index in [9.17, 15) is 69.9 Å². The second-order valence-electron chi connectivity index (χ2n) is 28.3. The van der Waals surface area contributed by atoms with Crippen molar-refractivity contribution in [3.63, 3.8) is 0 Å². The van der Waals surface area contributed by atoms with Crippen LogP contribution in [0.4, 0.5) is 0 Å². The standard InChI is InChI=1S/C74H81Cl2N11O24S/c1-27(2)15-41(79-5)65(97)86-56-58(92)30-8-13-45(37(75)17-30)107-47-19-32-20-48(62(47)111-72-63(110-51-25-74(4,78)64(96)28(3)106-51)61(95)60(94)49(109-72)26-112-73-81-39-11-10-34(105-6)23-40(39)82-73)108-46-14-9-31(18-38(46)76)59(93)57-70(102)85-55(71(103)104)36-21-33(88)22-44(90)52(36)35-16-29(7-12-43(35)89)53(67(99)87-57)84-68(100)54(32)83-66(98)42(24-50(77)91)80-69(56)101/h7-14,16-23,27-28,41-42,49,51,53-61,63-64,72,79,88-90,92-96H,15,24-26,78H2,1-6H3,(H2,77,91)(H,80,101)(H,81,82)(H,83,98)(H,84,100)(H,85,102)(H,86,97)(H,87,99)(H,103,104)/t28?,41-,42-,49?,51?,53?,54+,55+,56+,57-,58+,59+,60?,61?,63?,64?,72?,74?/m0/s1. The average molecular weight is 1610 g/mol. The molecule has 8 heterocycles. The Morgan fingerprint density at radius 1 is 0.732 bits per heavy atom. The van der Waals surface area contributed by atoms with Gasteiger partial charge < -0.3 is 133 Å². The van der Waals surface area contributed by atoms with E-state index in [4.69, 9.17) is 67.8 Å².